The van der Waals surface area contributed by atoms with E-state index in [1.54, 1.807) is 33.0 Å². The van der Waals surface area contributed by atoms with Crippen LogP contribution in [0.5, 0.6) is 0 Å². The van der Waals surface area contributed by atoms with Gasteiger partial charge in [-0.15, -0.1) is 0 Å². The third-order valence-corrected chi connectivity index (χ3v) is 4.38. The lowest BCUT2D eigenvalue weighted by molar-refractivity contribution is -0.136. The van der Waals surface area contributed by atoms with E-state index in [1.165, 1.54) is 18.7 Å². The molecule has 2 fully saturated rings. The maximum Gasteiger partial charge on any atom is 0.508 e. The molecule has 2 rings (SSSR count). The van der Waals surface area contributed by atoms with Crippen molar-refractivity contribution in [3.8, 4) is 0 Å². The third-order valence-electron chi connectivity index (χ3n) is 4.38. The van der Waals surface area contributed by atoms with Crippen LogP contribution in [0.25, 0.3) is 0 Å². The molecule has 2 aliphatic rings. The molecule has 13 heteroatoms. The molecule has 0 saturated carbocycles. The van der Waals surface area contributed by atoms with Gasteiger partial charge in [0, 0.05) is 41.2 Å². The lowest BCUT2D eigenvalue weighted by Gasteiger charge is -2.13. The number of rotatable bonds is 7. The predicted molar refractivity (Wildman–Crippen MR) is 137 cm³/mol. The van der Waals surface area contributed by atoms with Crippen LogP contribution in [0.2, 0.25) is 0 Å². The van der Waals surface area contributed by atoms with Gasteiger partial charge in [0.05, 0.1) is 38.1 Å². The minimum Gasteiger partial charge on any atom is -0.430 e. The first-order chi connectivity index (χ1) is 17.1. The van der Waals surface area contributed by atoms with Crippen molar-refractivity contribution in [2.75, 3.05) is 61.2 Å². The number of cyclic esters (lactones) is 2. The van der Waals surface area contributed by atoms with Crippen molar-refractivity contribution in [1.29, 1.82) is 0 Å². The lowest BCUT2D eigenvalue weighted by Crippen LogP contribution is -2.31. The van der Waals surface area contributed by atoms with Gasteiger partial charge in [0.1, 0.15) is 18.8 Å². The first kappa shape index (κ1) is 39.5. The minimum atomic E-state index is -0.870. The average molecular weight is 543 g/mol. The number of likely N-dealkylation sites (tertiary alicyclic amines) is 1. The molecule has 0 aliphatic carbocycles. The third kappa shape index (κ3) is 26.8. The number of hydrogen-bond acceptors (Lipinski definition) is 11. The van der Waals surface area contributed by atoms with Crippen molar-refractivity contribution in [1.82, 2.24) is 9.80 Å². The Bertz CT molecular complexity index is 569. The van der Waals surface area contributed by atoms with Gasteiger partial charge in [0.25, 0.3) is 5.91 Å². The van der Waals surface area contributed by atoms with Crippen molar-refractivity contribution < 1.29 is 53.8 Å². The molecule has 4 N–H and O–H groups in total. The highest BCUT2D eigenvalue weighted by Crippen LogP contribution is 2.05. The molecular formula is C24H50N2O11. The number of amides is 2. The zero-order valence-corrected chi connectivity index (χ0v) is 23.9. The van der Waals surface area contributed by atoms with Crippen molar-refractivity contribution in [2.24, 2.45) is 0 Å². The summed E-state index contributed by atoms with van der Waals surface area (Å²) in [6.07, 6.45) is -0.196. The van der Waals surface area contributed by atoms with Crippen LogP contribution >= 0.6 is 0 Å². The van der Waals surface area contributed by atoms with E-state index in [0.717, 1.165) is 19.4 Å². The number of nitrogens with zero attached hydrogens (tertiary/aromatic N) is 2. The summed E-state index contributed by atoms with van der Waals surface area (Å²) >= 11 is 0. The molecule has 0 spiro atoms. The molecule has 0 radical (unpaired) electrons. The summed E-state index contributed by atoms with van der Waals surface area (Å²) in [7, 11) is 6.69. The molecule has 2 amide bonds. The second-order valence-electron chi connectivity index (χ2n) is 8.72. The van der Waals surface area contributed by atoms with Gasteiger partial charge in [-0.05, 0) is 41.0 Å². The Morgan fingerprint density at radius 1 is 1.11 bits per heavy atom. The molecule has 5 atom stereocenters. The number of ether oxygens (including phenoxy) is 4. The molecule has 2 saturated heterocycles. The van der Waals surface area contributed by atoms with E-state index in [0.29, 0.717) is 19.1 Å². The van der Waals surface area contributed by atoms with E-state index in [1.807, 2.05) is 20.9 Å². The quantitative estimate of drug-likeness (QED) is 0.319. The second kappa shape index (κ2) is 24.3. The molecular weight excluding hydrogens is 492 g/mol. The number of aliphatic hydroxyl groups excluding tert-OH is 4. The summed E-state index contributed by atoms with van der Waals surface area (Å²) in [5.41, 5.74) is 0. The normalized spacial score (nSPS) is 18.9. The van der Waals surface area contributed by atoms with Crippen LogP contribution < -0.4 is 0 Å². The molecule has 222 valence electrons. The fraction of sp³-hybridized carbons (Fsp3) is 0.875. The number of aliphatic hydroxyl groups is 4. The SMILES string of the molecule is CC(O)C(=O)N(C)C.CC(O)CO.CC1COC(=O)O1.CN1CCCC1=O.COC(C)COC(C)CO. The number of methoxy groups -OCH3 is 1. The Labute approximate surface area is 221 Å². The summed E-state index contributed by atoms with van der Waals surface area (Å²) < 4.78 is 19.0. The Hall–Kier alpha value is -2.03. The fourth-order valence-corrected chi connectivity index (χ4v) is 1.99. The molecule has 37 heavy (non-hydrogen) atoms. The van der Waals surface area contributed by atoms with Gasteiger partial charge in [-0.25, -0.2) is 4.79 Å². The van der Waals surface area contributed by atoms with E-state index in [-0.39, 0.29) is 37.4 Å². The molecule has 0 aromatic heterocycles. The Balaban J connectivity index is -0.000000397. The Morgan fingerprint density at radius 3 is 1.81 bits per heavy atom. The standard InChI is InChI=1S/C7H16O3.C5H11NO2.C5H9NO.C4H6O3.C3H8O2/c1-6(4-8)10-5-7(2)9-3;1-4(7)5(8)6(2)3;1-6-4-2-3-5(6)7;1-3-2-6-4(5)7-3;1-3(5)2-4/h6-8H,4-5H2,1-3H3;4,7H,1-3H3;2-4H2,1H3;3H,2H2,1H3;3-5H,2H2,1H3. The number of hydrogen-bond donors (Lipinski definition) is 4. The summed E-state index contributed by atoms with van der Waals surface area (Å²) in [5.74, 6) is 0.0324. The number of carbonyl (C=O) groups excluding carboxylic acids is 3. The molecule has 0 bridgehead atoms. The first-order valence-electron chi connectivity index (χ1n) is 12.1. The first-order valence-corrected chi connectivity index (χ1v) is 12.1. The van der Waals surface area contributed by atoms with Crippen molar-refractivity contribution in [2.45, 2.75) is 78.0 Å². The zero-order valence-electron chi connectivity index (χ0n) is 23.9. The van der Waals surface area contributed by atoms with E-state index in [2.05, 4.69) is 9.47 Å². The van der Waals surface area contributed by atoms with Crippen molar-refractivity contribution in [3.63, 3.8) is 0 Å². The topological polar surface area (TPSA) is 176 Å². The summed E-state index contributed by atoms with van der Waals surface area (Å²) in [4.78, 5) is 34.1. The second-order valence-corrected chi connectivity index (χ2v) is 8.72. The van der Waals surface area contributed by atoms with Gasteiger partial charge in [0.15, 0.2) is 0 Å². The van der Waals surface area contributed by atoms with Gasteiger partial charge in [0.2, 0.25) is 5.91 Å². The smallest absolute Gasteiger partial charge is 0.430 e. The Morgan fingerprint density at radius 2 is 1.65 bits per heavy atom. The minimum absolute atomic E-state index is 0.0486. The maximum absolute atomic E-state index is 10.5. The summed E-state index contributed by atoms with van der Waals surface area (Å²) in [6, 6.07) is 0. The van der Waals surface area contributed by atoms with Crippen LogP contribution in [0.3, 0.4) is 0 Å². The fourth-order valence-electron chi connectivity index (χ4n) is 1.99. The summed E-state index contributed by atoms with van der Waals surface area (Å²) in [6.45, 7) is 10.3. The van der Waals surface area contributed by atoms with Gasteiger partial charge >= 0.3 is 6.16 Å². The monoisotopic (exact) mass is 542 g/mol. The maximum atomic E-state index is 10.5. The lowest BCUT2D eigenvalue weighted by atomic mass is 10.4. The van der Waals surface area contributed by atoms with Crippen LogP contribution in [0, 0.1) is 0 Å². The summed E-state index contributed by atoms with van der Waals surface area (Å²) in [5, 5.41) is 33.2. The average Bonchev–Trinajstić information content (AvgIpc) is 3.43. The Kier molecular flexibility index (Phi) is 25.9. The highest BCUT2D eigenvalue weighted by atomic mass is 16.8. The van der Waals surface area contributed by atoms with E-state index in [4.69, 9.17) is 29.9 Å². The molecule has 0 aromatic rings. The van der Waals surface area contributed by atoms with Crippen LogP contribution in [0.1, 0.15) is 47.5 Å². The molecule has 0 aromatic carbocycles. The number of carbonyl (C=O) groups is 3. The number of likely N-dealkylation sites (N-methyl/N-ethyl adjacent to an activating group) is 1. The molecule has 13 nitrogen and oxygen atoms in total. The highest BCUT2D eigenvalue weighted by molar-refractivity contribution is 5.79. The molecule has 2 aliphatic heterocycles. The highest BCUT2D eigenvalue weighted by Gasteiger charge is 2.19. The van der Waals surface area contributed by atoms with Crippen LogP contribution in [-0.4, -0.2) is 140 Å². The van der Waals surface area contributed by atoms with Gasteiger partial charge in [-0.3, -0.25) is 9.59 Å². The van der Waals surface area contributed by atoms with Crippen LogP contribution in [-0.2, 0) is 28.5 Å². The predicted octanol–water partition coefficient (Wildman–Crippen LogP) is 0.0139. The van der Waals surface area contributed by atoms with E-state index in [9.17, 15) is 14.4 Å². The zero-order chi connectivity index (χ0) is 29.6. The van der Waals surface area contributed by atoms with Gasteiger partial charge in [-0.1, -0.05) is 0 Å². The van der Waals surface area contributed by atoms with E-state index >= 15 is 0 Å². The van der Waals surface area contributed by atoms with Gasteiger partial charge < -0.3 is 49.2 Å². The van der Waals surface area contributed by atoms with Crippen LogP contribution in [0.4, 0.5) is 4.79 Å². The van der Waals surface area contributed by atoms with Crippen LogP contribution in [0.15, 0.2) is 0 Å². The van der Waals surface area contributed by atoms with E-state index < -0.39 is 18.4 Å². The van der Waals surface area contributed by atoms with Crippen molar-refractivity contribution in [3.05, 3.63) is 0 Å². The van der Waals surface area contributed by atoms with Crippen molar-refractivity contribution >= 4 is 18.0 Å². The molecule has 5 unspecified atom stereocenters. The largest absolute Gasteiger partial charge is 0.508 e. The molecule has 2 heterocycles. The van der Waals surface area contributed by atoms with Gasteiger partial charge in [-0.2, -0.15) is 0 Å².